The zero-order valence-corrected chi connectivity index (χ0v) is 9.94. The number of halogens is 2. The van der Waals surface area contributed by atoms with E-state index in [1.54, 1.807) is 6.20 Å². The van der Waals surface area contributed by atoms with Crippen molar-refractivity contribution >= 4 is 35.0 Å². The van der Waals surface area contributed by atoms with E-state index in [0.29, 0.717) is 21.0 Å². The summed E-state index contributed by atoms with van der Waals surface area (Å²) in [6, 6.07) is 5.46. The van der Waals surface area contributed by atoms with Gasteiger partial charge in [0.25, 0.3) is 5.22 Å². The second kappa shape index (κ2) is 4.92. The van der Waals surface area contributed by atoms with E-state index in [9.17, 15) is 0 Å². The number of oxazole rings is 1. The average Bonchev–Trinajstić information content (AvgIpc) is 2.70. The highest BCUT2D eigenvalue weighted by atomic mass is 35.5. The topological polar surface area (TPSA) is 26.0 Å². The van der Waals surface area contributed by atoms with E-state index < -0.39 is 0 Å². The third-order valence-corrected chi connectivity index (χ3v) is 3.40. The molecule has 1 aromatic heterocycles. The van der Waals surface area contributed by atoms with Crippen LogP contribution in [0, 0.1) is 0 Å². The Morgan fingerprint density at radius 3 is 2.60 bits per heavy atom. The fraction of sp³-hybridized carbons (Fsp3) is 0.100. The van der Waals surface area contributed by atoms with Crippen LogP contribution >= 0.6 is 35.0 Å². The Kier molecular flexibility index (Phi) is 3.57. The van der Waals surface area contributed by atoms with Gasteiger partial charge in [0, 0.05) is 15.8 Å². The van der Waals surface area contributed by atoms with Crippen molar-refractivity contribution in [2.75, 3.05) is 0 Å². The highest BCUT2D eigenvalue weighted by Gasteiger charge is 2.07. The molecule has 15 heavy (non-hydrogen) atoms. The molecule has 0 aliphatic rings. The molecule has 2 aromatic rings. The second-order valence-electron chi connectivity index (χ2n) is 2.79. The summed E-state index contributed by atoms with van der Waals surface area (Å²) < 4.78 is 5.10. The van der Waals surface area contributed by atoms with Gasteiger partial charge in [0.05, 0.1) is 6.20 Å². The van der Waals surface area contributed by atoms with Crippen molar-refractivity contribution in [3.8, 4) is 0 Å². The van der Waals surface area contributed by atoms with Crippen molar-refractivity contribution in [1.82, 2.24) is 4.98 Å². The summed E-state index contributed by atoms with van der Waals surface area (Å²) in [5.74, 6) is 0.652. The van der Waals surface area contributed by atoms with Gasteiger partial charge in [-0.3, -0.25) is 0 Å². The van der Waals surface area contributed by atoms with Crippen molar-refractivity contribution in [3.63, 3.8) is 0 Å². The van der Waals surface area contributed by atoms with Gasteiger partial charge in [-0.2, -0.15) is 0 Å². The van der Waals surface area contributed by atoms with Gasteiger partial charge < -0.3 is 4.42 Å². The summed E-state index contributed by atoms with van der Waals surface area (Å²) in [4.78, 5) is 4.00. The summed E-state index contributed by atoms with van der Waals surface area (Å²) in [6.07, 6.45) is 3.15. The van der Waals surface area contributed by atoms with Gasteiger partial charge in [0.15, 0.2) is 0 Å². The van der Waals surface area contributed by atoms with Crippen LogP contribution in [-0.2, 0) is 5.75 Å². The molecule has 0 bridgehead atoms. The Morgan fingerprint density at radius 1 is 1.27 bits per heavy atom. The molecule has 0 aliphatic carbocycles. The summed E-state index contributed by atoms with van der Waals surface area (Å²) in [5.41, 5.74) is 0.907. The number of benzene rings is 1. The van der Waals surface area contributed by atoms with Gasteiger partial charge in [0.2, 0.25) is 0 Å². The first-order valence-corrected chi connectivity index (χ1v) is 5.96. The van der Waals surface area contributed by atoms with Crippen LogP contribution < -0.4 is 0 Å². The summed E-state index contributed by atoms with van der Waals surface area (Å²) >= 11 is 13.5. The van der Waals surface area contributed by atoms with Crippen molar-refractivity contribution < 1.29 is 4.42 Å². The molecule has 0 amide bonds. The molecule has 0 saturated heterocycles. The minimum atomic E-state index is 0.617. The molecule has 1 heterocycles. The van der Waals surface area contributed by atoms with E-state index in [-0.39, 0.29) is 0 Å². The Labute approximate surface area is 102 Å². The van der Waals surface area contributed by atoms with Crippen molar-refractivity contribution in [2.24, 2.45) is 0 Å². The standard InChI is InChI=1S/C10H7Cl2NOS/c11-8-2-1-3-9(12)7(8)6-15-10-13-4-5-14-10/h1-5H,6H2. The lowest BCUT2D eigenvalue weighted by Gasteiger charge is -2.04. The van der Waals surface area contributed by atoms with Gasteiger partial charge >= 0.3 is 0 Å². The van der Waals surface area contributed by atoms with E-state index in [2.05, 4.69) is 4.98 Å². The molecule has 0 fully saturated rings. The maximum Gasteiger partial charge on any atom is 0.255 e. The molecule has 2 nitrogen and oxygen atoms in total. The average molecular weight is 260 g/mol. The molecule has 0 saturated carbocycles. The van der Waals surface area contributed by atoms with Crippen LogP contribution in [0.3, 0.4) is 0 Å². The Bertz CT molecular complexity index is 424. The van der Waals surface area contributed by atoms with E-state index >= 15 is 0 Å². The molecule has 5 heteroatoms. The first-order chi connectivity index (χ1) is 7.27. The van der Waals surface area contributed by atoms with Crippen LogP contribution in [0.5, 0.6) is 0 Å². The fourth-order valence-corrected chi connectivity index (χ4v) is 2.61. The smallest absolute Gasteiger partial charge is 0.255 e. The summed E-state index contributed by atoms with van der Waals surface area (Å²) in [6.45, 7) is 0. The fourth-order valence-electron chi connectivity index (χ4n) is 1.09. The van der Waals surface area contributed by atoms with Crippen LogP contribution in [-0.4, -0.2) is 4.98 Å². The molecular weight excluding hydrogens is 253 g/mol. The molecule has 78 valence electrons. The van der Waals surface area contributed by atoms with Crippen LogP contribution in [0.1, 0.15) is 5.56 Å². The number of rotatable bonds is 3. The van der Waals surface area contributed by atoms with Crippen molar-refractivity contribution in [2.45, 2.75) is 11.0 Å². The van der Waals surface area contributed by atoms with E-state index in [4.69, 9.17) is 27.6 Å². The first-order valence-electron chi connectivity index (χ1n) is 4.22. The van der Waals surface area contributed by atoms with E-state index in [1.165, 1.54) is 18.0 Å². The van der Waals surface area contributed by atoms with Crippen molar-refractivity contribution in [3.05, 3.63) is 46.3 Å². The lowest BCUT2D eigenvalue weighted by Crippen LogP contribution is -1.84. The summed E-state index contributed by atoms with van der Waals surface area (Å²) in [7, 11) is 0. The third-order valence-electron chi connectivity index (χ3n) is 1.81. The SMILES string of the molecule is Clc1cccc(Cl)c1CSc1ncco1. The number of aromatic nitrogens is 1. The summed E-state index contributed by atoms with van der Waals surface area (Å²) in [5, 5.41) is 1.95. The van der Waals surface area contributed by atoms with Gasteiger partial charge in [-0.05, 0) is 17.7 Å². The van der Waals surface area contributed by atoms with Crippen LogP contribution in [0.15, 0.2) is 40.3 Å². The molecule has 0 atom stereocenters. The van der Waals surface area contributed by atoms with E-state index in [1.807, 2.05) is 18.2 Å². The molecule has 1 aromatic carbocycles. The number of hydrogen-bond donors (Lipinski definition) is 0. The normalized spacial score (nSPS) is 10.5. The highest BCUT2D eigenvalue weighted by molar-refractivity contribution is 7.98. The van der Waals surface area contributed by atoms with Crippen molar-refractivity contribution in [1.29, 1.82) is 0 Å². The Morgan fingerprint density at radius 2 is 2.00 bits per heavy atom. The molecule has 0 spiro atoms. The molecule has 2 rings (SSSR count). The Hall–Kier alpha value is -0.640. The lowest BCUT2D eigenvalue weighted by molar-refractivity contribution is 0.454. The lowest BCUT2D eigenvalue weighted by atomic mass is 10.2. The molecule has 0 N–H and O–H groups in total. The predicted molar refractivity (Wildman–Crippen MR) is 62.5 cm³/mol. The maximum atomic E-state index is 6.02. The zero-order valence-electron chi connectivity index (χ0n) is 7.61. The van der Waals surface area contributed by atoms with Gasteiger partial charge in [-0.1, -0.05) is 41.0 Å². The monoisotopic (exact) mass is 259 g/mol. The third kappa shape index (κ3) is 2.68. The molecule has 0 unspecified atom stereocenters. The molecular formula is C10H7Cl2NOS. The van der Waals surface area contributed by atoms with Gasteiger partial charge in [-0.25, -0.2) is 4.98 Å². The molecule has 0 aliphatic heterocycles. The van der Waals surface area contributed by atoms with Gasteiger partial charge in [0.1, 0.15) is 6.26 Å². The minimum Gasteiger partial charge on any atom is -0.440 e. The van der Waals surface area contributed by atoms with Gasteiger partial charge in [-0.15, -0.1) is 0 Å². The second-order valence-corrected chi connectivity index (χ2v) is 4.53. The van der Waals surface area contributed by atoms with Crippen LogP contribution in [0.25, 0.3) is 0 Å². The quantitative estimate of drug-likeness (QED) is 0.770. The van der Waals surface area contributed by atoms with Crippen LogP contribution in [0.4, 0.5) is 0 Å². The largest absolute Gasteiger partial charge is 0.440 e. The maximum absolute atomic E-state index is 6.02. The zero-order chi connectivity index (χ0) is 10.7. The number of thioether (sulfide) groups is 1. The molecule has 0 radical (unpaired) electrons. The number of nitrogens with zero attached hydrogens (tertiary/aromatic N) is 1. The van der Waals surface area contributed by atoms with Crippen LogP contribution in [0.2, 0.25) is 10.0 Å². The Balaban J connectivity index is 2.11. The number of hydrogen-bond acceptors (Lipinski definition) is 3. The highest BCUT2D eigenvalue weighted by Crippen LogP contribution is 2.30. The minimum absolute atomic E-state index is 0.617. The first kappa shape index (κ1) is 10.9. The van der Waals surface area contributed by atoms with E-state index in [0.717, 1.165) is 5.56 Å². The predicted octanol–water partition coefficient (Wildman–Crippen LogP) is 4.27.